The highest BCUT2D eigenvalue weighted by molar-refractivity contribution is 6.64. The van der Waals surface area contributed by atoms with Crippen molar-refractivity contribution in [2.75, 3.05) is 6.61 Å². The average Bonchev–Trinajstić information content (AvgIpc) is 2.67. The number of hydrogen-bond donors (Lipinski definition) is 0. The molecule has 0 aliphatic rings. The van der Waals surface area contributed by atoms with E-state index in [0.717, 1.165) is 19.4 Å². The highest BCUT2D eigenvalue weighted by Gasteiger charge is 2.27. The number of unbranched alkanes of at least 4 members (excludes halogenated alkanes) is 14. The molecule has 0 saturated carbocycles. The summed E-state index contributed by atoms with van der Waals surface area (Å²) in [6.45, 7) is 11.4. The molecule has 0 aliphatic heterocycles. The van der Waals surface area contributed by atoms with Crippen LogP contribution in [0.15, 0.2) is 0 Å². The minimum absolute atomic E-state index is 0.0349. The molecule has 1 atom stereocenters. The van der Waals surface area contributed by atoms with Crippen LogP contribution in [0.2, 0.25) is 13.1 Å². The van der Waals surface area contributed by atoms with Crippen molar-refractivity contribution < 1.29 is 8.85 Å². The summed E-state index contributed by atoms with van der Waals surface area (Å²) in [4.78, 5) is 0. The highest BCUT2D eigenvalue weighted by atomic mass is 28.4. The lowest BCUT2D eigenvalue weighted by Crippen LogP contribution is -2.38. The van der Waals surface area contributed by atoms with Gasteiger partial charge in [0.25, 0.3) is 0 Å². The molecule has 0 fully saturated rings. The third-order valence-corrected chi connectivity index (χ3v) is 7.05. The smallest absolute Gasteiger partial charge is 0.332 e. The summed E-state index contributed by atoms with van der Waals surface area (Å²) in [5.74, 6) is 6.08. The molecule has 28 heavy (non-hydrogen) atoms. The summed E-state index contributed by atoms with van der Waals surface area (Å²) in [6, 6.07) is 0. The van der Waals surface area contributed by atoms with Crippen LogP contribution in [0, 0.1) is 11.8 Å². The first-order chi connectivity index (χ1) is 13.6. The molecule has 0 heterocycles. The fourth-order valence-electron chi connectivity index (χ4n) is 3.54. The SMILES string of the molecule is CC#CC(CC)O[Si](C)(C)OCCCCCCCCCCCCCCCCC. The van der Waals surface area contributed by atoms with E-state index in [4.69, 9.17) is 8.85 Å². The van der Waals surface area contributed by atoms with Gasteiger partial charge in [-0.2, -0.15) is 0 Å². The van der Waals surface area contributed by atoms with Crippen LogP contribution in [0.4, 0.5) is 0 Å². The van der Waals surface area contributed by atoms with Crippen LogP contribution in [-0.2, 0) is 8.85 Å². The Bertz CT molecular complexity index is 384. The van der Waals surface area contributed by atoms with Gasteiger partial charge in [0.1, 0.15) is 6.10 Å². The second-order valence-electron chi connectivity index (χ2n) is 8.61. The molecule has 1 unspecified atom stereocenters. The van der Waals surface area contributed by atoms with Crippen LogP contribution >= 0.6 is 0 Å². The molecule has 0 rings (SSSR count). The fourth-order valence-corrected chi connectivity index (χ4v) is 5.16. The van der Waals surface area contributed by atoms with Crippen LogP contribution in [-0.4, -0.2) is 21.3 Å². The average molecular weight is 411 g/mol. The lowest BCUT2D eigenvalue weighted by atomic mass is 10.0. The molecule has 0 radical (unpaired) electrons. The Morgan fingerprint density at radius 3 is 1.50 bits per heavy atom. The summed E-state index contributed by atoms with van der Waals surface area (Å²) in [5, 5.41) is 0. The van der Waals surface area contributed by atoms with Gasteiger partial charge < -0.3 is 8.85 Å². The summed E-state index contributed by atoms with van der Waals surface area (Å²) in [6.07, 6.45) is 21.9. The van der Waals surface area contributed by atoms with Crippen molar-refractivity contribution in [2.24, 2.45) is 0 Å². The first-order valence-corrected chi connectivity index (χ1v) is 15.1. The van der Waals surface area contributed by atoms with Crippen molar-refractivity contribution in [3.05, 3.63) is 0 Å². The van der Waals surface area contributed by atoms with Gasteiger partial charge in [-0.1, -0.05) is 110 Å². The Labute approximate surface area is 178 Å². The van der Waals surface area contributed by atoms with Crippen LogP contribution in [0.5, 0.6) is 0 Å². The van der Waals surface area contributed by atoms with Crippen molar-refractivity contribution in [3.63, 3.8) is 0 Å². The minimum Gasteiger partial charge on any atom is -0.394 e. The maximum absolute atomic E-state index is 6.09. The Morgan fingerprint density at radius 2 is 1.11 bits per heavy atom. The molecular weight excluding hydrogens is 360 g/mol. The Morgan fingerprint density at radius 1 is 0.679 bits per heavy atom. The highest BCUT2D eigenvalue weighted by Crippen LogP contribution is 2.15. The molecule has 166 valence electrons. The maximum atomic E-state index is 6.09. The fraction of sp³-hybridized carbons (Fsp3) is 0.920. The third kappa shape index (κ3) is 19.0. The molecular formula is C25H50O2Si. The maximum Gasteiger partial charge on any atom is 0.332 e. The third-order valence-electron chi connectivity index (χ3n) is 5.30. The largest absolute Gasteiger partial charge is 0.394 e. The minimum atomic E-state index is -2.03. The molecule has 0 aromatic heterocycles. The molecule has 0 aromatic rings. The van der Waals surface area contributed by atoms with Crippen LogP contribution in [0.3, 0.4) is 0 Å². The second kappa shape index (κ2) is 20.0. The van der Waals surface area contributed by atoms with E-state index in [1.807, 2.05) is 6.92 Å². The summed E-state index contributed by atoms with van der Waals surface area (Å²) in [7, 11) is -2.03. The Hall–Kier alpha value is -0.303. The van der Waals surface area contributed by atoms with Crippen molar-refractivity contribution in [1.82, 2.24) is 0 Å². The predicted molar refractivity (Wildman–Crippen MR) is 127 cm³/mol. The zero-order valence-corrected chi connectivity index (χ0v) is 20.9. The van der Waals surface area contributed by atoms with Crippen molar-refractivity contribution in [3.8, 4) is 11.8 Å². The quantitative estimate of drug-likeness (QED) is 0.114. The lowest BCUT2D eigenvalue weighted by Gasteiger charge is -2.26. The number of hydrogen-bond acceptors (Lipinski definition) is 2. The summed E-state index contributed by atoms with van der Waals surface area (Å²) in [5.41, 5.74) is 0. The van der Waals surface area contributed by atoms with Gasteiger partial charge in [0, 0.05) is 6.61 Å². The van der Waals surface area contributed by atoms with E-state index in [2.05, 4.69) is 38.8 Å². The molecule has 0 aliphatic carbocycles. The topological polar surface area (TPSA) is 18.5 Å². The van der Waals surface area contributed by atoms with Gasteiger partial charge in [0.2, 0.25) is 0 Å². The van der Waals surface area contributed by atoms with Crippen molar-refractivity contribution in [1.29, 1.82) is 0 Å². The van der Waals surface area contributed by atoms with Gasteiger partial charge in [-0.15, -0.1) is 5.92 Å². The molecule has 0 spiro atoms. The van der Waals surface area contributed by atoms with Crippen molar-refractivity contribution in [2.45, 2.75) is 143 Å². The number of rotatable bonds is 20. The van der Waals surface area contributed by atoms with Crippen molar-refractivity contribution >= 4 is 8.56 Å². The first kappa shape index (κ1) is 27.7. The van der Waals surface area contributed by atoms with Gasteiger partial charge in [0.05, 0.1) is 0 Å². The van der Waals surface area contributed by atoms with E-state index >= 15 is 0 Å². The molecule has 0 saturated heterocycles. The van der Waals surface area contributed by atoms with Gasteiger partial charge in [-0.25, -0.2) is 0 Å². The standard InChI is InChI=1S/C25H50O2Si/c1-6-9-10-11-12-13-14-15-16-17-18-19-20-21-22-24-26-28(4,5)27-25(8-3)23-7-2/h25H,6,8-22,24H2,1-5H3. The first-order valence-electron chi connectivity index (χ1n) is 12.3. The van der Waals surface area contributed by atoms with Gasteiger partial charge in [-0.05, 0) is 32.9 Å². The van der Waals surface area contributed by atoms with Gasteiger partial charge in [0.15, 0.2) is 0 Å². The van der Waals surface area contributed by atoms with E-state index in [1.165, 1.54) is 89.9 Å². The van der Waals surface area contributed by atoms with Gasteiger partial charge >= 0.3 is 8.56 Å². The van der Waals surface area contributed by atoms with E-state index in [1.54, 1.807) is 0 Å². The summed E-state index contributed by atoms with van der Waals surface area (Å²) >= 11 is 0. The molecule has 2 nitrogen and oxygen atoms in total. The second-order valence-corrected chi connectivity index (χ2v) is 11.9. The molecule has 0 aromatic carbocycles. The molecule has 0 bridgehead atoms. The van der Waals surface area contributed by atoms with E-state index in [9.17, 15) is 0 Å². The van der Waals surface area contributed by atoms with E-state index < -0.39 is 8.56 Å². The Balaban J connectivity index is 3.37. The normalized spacial score (nSPS) is 12.6. The summed E-state index contributed by atoms with van der Waals surface area (Å²) < 4.78 is 12.2. The molecule has 3 heteroatoms. The Kier molecular flexibility index (Phi) is 19.8. The van der Waals surface area contributed by atoms with Crippen LogP contribution in [0.1, 0.15) is 124 Å². The molecule has 0 amide bonds. The van der Waals surface area contributed by atoms with Crippen LogP contribution < -0.4 is 0 Å². The monoisotopic (exact) mass is 410 g/mol. The zero-order chi connectivity index (χ0) is 20.9. The molecule has 0 N–H and O–H groups in total. The van der Waals surface area contributed by atoms with E-state index in [0.29, 0.717) is 0 Å². The predicted octanol–water partition coefficient (Wildman–Crippen LogP) is 8.39. The lowest BCUT2D eigenvalue weighted by molar-refractivity contribution is 0.146. The van der Waals surface area contributed by atoms with Crippen LogP contribution in [0.25, 0.3) is 0 Å². The zero-order valence-electron chi connectivity index (χ0n) is 19.9. The van der Waals surface area contributed by atoms with E-state index in [-0.39, 0.29) is 6.10 Å². The van der Waals surface area contributed by atoms with Gasteiger partial charge in [-0.3, -0.25) is 0 Å².